The SMILES string of the molecule is COC1CCN(CC2(C(=O)O)CCCC2)C1. The second kappa shape index (κ2) is 4.72. The maximum Gasteiger partial charge on any atom is 0.310 e. The third-order valence-corrected chi connectivity index (χ3v) is 4.10. The van der Waals surface area contributed by atoms with E-state index < -0.39 is 11.4 Å². The second-order valence-electron chi connectivity index (χ2n) is 5.17. The normalized spacial score (nSPS) is 29.7. The molecule has 1 aliphatic carbocycles. The van der Waals surface area contributed by atoms with Gasteiger partial charge in [-0.05, 0) is 19.3 Å². The van der Waals surface area contributed by atoms with Crippen LogP contribution in [0.25, 0.3) is 0 Å². The molecule has 1 aliphatic heterocycles. The molecule has 0 radical (unpaired) electrons. The van der Waals surface area contributed by atoms with E-state index in [2.05, 4.69) is 4.90 Å². The van der Waals surface area contributed by atoms with Crippen molar-refractivity contribution in [3.8, 4) is 0 Å². The van der Waals surface area contributed by atoms with Crippen molar-refractivity contribution < 1.29 is 14.6 Å². The highest BCUT2D eigenvalue weighted by Crippen LogP contribution is 2.39. The molecule has 1 saturated carbocycles. The number of nitrogens with zero attached hydrogens (tertiary/aromatic N) is 1. The first-order valence-electron chi connectivity index (χ1n) is 6.15. The van der Waals surface area contributed by atoms with E-state index >= 15 is 0 Å². The molecule has 2 aliphatic rings. The zero-order valence-electron chi connectivity index (χ0n) is 9.95. The number of carboxylic acids is 1. The van der Waals surface area contributed by atoms with Crippen molar-refractivity contribution in [2.45, 2.75) is 38.2 Å². The summed E-state index contributed by atoms with van der Waals surface area (Å²) in [7, 11) is 1.73. The van der Waals surface area contributed by atoms with Gasteiger partial charge in [0.05, 0.1) is 11.5 Å². The Balaban J connectivity index is 1.94. The molecule has 4 nitrogen and oxygen atoms in total. The fraction of sp³-hybridized carbons (Fsp3) is 0.917. The van der Waals surface area contributed by atoms with Crippen LogP contribution in [-0.4, -0.2) is 48.8 Å². The Bertz CT molecular complexity index is 261. The molecule has 2 fully saturated rings. The Labute approximate surface area is 96.6 Å². The molecular weight excluding hydrogens is 206 g/mol. The summed E-state index contributed by atoms with van der Waals surface area (Å²) in [5.41, 5.74) is -0.470. The van der Waals surface area contributed by atoms with E-state index in [1.165, 1.54) is 0 Å². The largest absolute Gasteiger partial charge is 0.481 e. The second-order valence-corrected chi connectivity index (χ2v) is 5.17. The summed E-state index contributed by atoms with van der Waals surface area (Å²) in [4.78, 5) is 13.7. The molecule has 1 heterocycles. The quantitative estimate of drug-likeness (QED) is 0.787. The van der Waals surface area contributed by atoms with Crippen molar-refractivity contribution >= 4 is 5.97 Å². The number of ether oxygens (including phenoxy) is 1. The van der Waals surface area contributed by atoms with E-state index in [1.807, 2.05) is 0 Å². The Kier molecular flexibility index (Phi) is 3.50. The molecule has 2 rings (SSSR count). The van der Waals surface area contributed by atoms with Crippen LogP contribution in [0.2, 0.25) is 0 Å². The molecule has 0 aromatic heterocycles. The highest BCUT2D eigenvalue weighted by atomic mass is 16.5. The van der Waals surface area contributed by atoms with Gasteiger partial charge in [-0.3, -0.25) is 9.69 Å². The standard InChI is InChI=1S/C12H21NO3/c1-16-10-4-7-13(8-10)9-12(11(14)15)5-2-3-6-12/h10H,2-9H2,1H3,(H,14,15). The zero-order chi connectivity index (χ0) is 11.6. The van der Waals surface area contributed by atoms with Crippen LogP contribution in [0.4, 0.5) is 0 Å². The molecule has 92 valence electrons. The minimum Gasteiger partial charge on any atom is -0.481 e. The highest BCUT2D eigenvalue weighted by molar-refractivity contribution is 5.75. The lowest BCUT2D eigenvalue weighted by Gasteiger charge is -2.29. The molecule has 16 heavy (non-hydrogen) atoms. The molecule has 0 amide bonds. The summed E-state index contributed by atoms with van der Waals surface area (Å²) in [6, 6.07) is 0. The Morgan fingerprint density at radius 1 is 1.50 bits per heavy atom. The van der Waals surface area contributed by atoms with Gasteiger partial charge in [0.2, 0.25) is 0 Å². The van der Waals surface area contributed by atoms with Gasteiger partial charge < -0.3 is 9.84 Å². The number of likely N-dealkylation sites (tertiary alicyclic amines) is 1. The summed E-state index contributed by atoms with van der Waals surface area (Å²) in [5, 5.41) is 9.39. The first kappa shape index (κ1) is 11.9. The first-order valence-corrected chi connectivity index (χ1v) is 6.15. The van der Waals surface area contributed by atoms with Crippen molar-refractivity contribution in [3.63, 3.8) is 0 Å². The van der Waals surface area contributed by atoms with Gasteiger partial charge in [0.25, 0.3) is 0 Å². The maximum atomic E-state index is 11.4. The van der Waals surface area contributed by atoms with Crippen LogP contribution < -0.4 is 0 Å². The molecule has 4 heteroatoms. The molecule has 1 unspecified atom stereocenters. The predicted octanol–water partition coefficient (Wildman–Crippen LogP) is 1.35. The summed E-state index contributed by atoms with van der Waals surface area (Å²) >= 11 is 0. The molecular formula is C12H21NO3. The van der Waals surface area contributed by atoms with Gasteiger partial charge >= 0.3 is 5.97 Å². The average Bonchev–Trinajstić information content (AvgIpc) is 2.88. The lowest BCUT2D eigenvalue weighted by atomic mass is 9.86. The summed E-state index contributed by atoms with van der Waals surface area (Å²) in [5.74, 6) is -0.606. The molecule has 0 aromatic rings. The number of hydrogen-bond donors (Lipinski definition) is 1. The molecule has 0 spiro atoms. The molecule has 0 aromatic carbocycles. The van der Waals surface area contributed by atoms with Crippen LogP contribution in [0.3, 0.4) is 0 Å². The van der Waals surface area contributed by atoms with E-state index in [0.717, 1.165) is 45.2 Å². The smallest absolute Gasteiger partial charge is 0.310 e. The van der Waals surface area contributed by atoms with Gasteiger partial charge in [0.1, 0.15) is 0 Å². The van der Waals surface area contributed by atoms with Crippen LogP contribution in [0, 0.1) is 5.41 Å². The third-order valence-electron chi connectivity index (χ3n) is 4.10. The van der Waals surface area contributed by atoms with Crippen molar-refractivity contribution in [2.75, 3.05) is 26.7 Å². The summed E-state index contributed by atoms with van der Waals surface area (Å²) in [6.07, 6.45) is 5.15. The molecule has 0 bridgehead atoms. The van der Waals surface area contributed by atoms with Gasteiger partial charge in [-0.25, -0.2) is 0 Å². The van der Waals surface area contributed by atoms with Gasteiger partial charge in [-0.1, -0.05) is 12.8 Å². The van der Waals surface area contributed by atoms with Gasteiger partial charge in [0.15, 0.2) is 0 Å². The van der Waals surface area contributed by atoms with Crippen molar-refractivity contribution in [3.05, 3.63) is 0 Å². The number of hydrogen-bond acceptors (Lipinski definition) is 3. The van der Waals surface area contributed by atoms with Crippen molar-refractivity contribution in [2.24, 2.45) is 5.41 Å². The van der Waals surface area contributed by atoms with Gasteiger partial charge in [-0.2, -0.15) is 0 Å². The minimum atomic E-state index is -0.606. The number of carboxylic acid groups (broad SMARTS) is 1. The van der Waals surface area contributed by atoms with Crippen LogP contribution >= 0.6 is 0 Å². The van der Waals surface area contributed by atoms with E-state index in [1.54, 1.807) is 7.11 Å². The van der Waals surface area contributed by atoms with Crippen molar-refractivity contribution in [1.82, 2.24) is 4.90 Å². The number of rotatable bonds is 4. The predicted molar refractivity (Wildman–Crippen MR) is 60.4 cm³/mol. The van der Waals surface area contributed by atoms with Crippen LogP contribution in [0.5, 0.6) is 0 Å². The molecule has 1 N–H and O–H groups in total. The van der Waals surface area contributed by atoms with E-state index in [-0.39, 0.29) is 0 Å². The van der Waals surface area contributed by atoms with Crippen LogP contribution in [0.1, 0.15) is 32.1 Å². The van der Waals surface area contributed by atoms with Gasteiger partial charge in [-0.15, -0.1) is 0 Å². The van der Waals surface area contributed by atoms with Crippen LogP contribution in [0.15, 0.2) is 0 Å². The van der Waals surface area contributed by atoms with E-state index in [0.29, 0.717) is 12.6 Å². The topological polar surface area (TPSA) is 49.8 Å². The maximum absolute atomic E-state index is 11.4. The lowest BCUT2D eigenvalue weighted by Crippen LogP contribution is -2.41. The minimum absolute atomic E-state index is 0.298. The summed E-state index contributed by atoms with van der Waals surface area (Å²) in [6.45, 7) is 2.58. The Morgan fingerprint density at radius 3 is 2.69 bits per heavy atom. The third kappa shape index (κ3) is 2.23. The average molecular weight is 227 g/mol. The number of aliphatic carboxylic acids is 1. The summed E-state index contributed by atoms with van der Waals surface area (Å²) < 4.78 is 5.31. The fourth-order valence-corrected chi connectivity index (χ4v) is 3.05. The highest BCUT2D eigenvalue weighted by Gasteiger charge is 2.43. The fourth-order valence-electron chi connectivity index (χ4n) is 3.05. The van der Waals surface area contributed by atoms with Crippen LogP contribution in [-0.2, 0) is 9.53 Å². The Morgan fingerprint density at radius 2 is 2.19 bits per heavy atom. The zero-order valence-corrected chi connectivity index (χ0v) is 9.95. The molecule has 1 atom stereocenters. The lowest BCUT2D eigenvalue weighted by molar-refractivity contribution is -0.149. The Hall–Kier alpha value is -0.610. The van der Waals surface area contributed by atoms with Gasteiger partial charge in [0, 0.05) is 26.7 Å². The van der Waals surface area contributed by atoms with E-state index in [9.17, 15) is 9.90 Å². The first-order chi connectivity index (χ1) is 7.66. The van der Waals surface area contributed by atoms with E-state index in [4.69, 9.17) is 4.74 Å². The van der Waals surface area contributed by atoms with Crippen molar-refractivity contribution in [1.29, 1.82) is 0 Å². The molecule has 1 saturated heterocycles. The number of carbonyl (C=O) groups is 1. The number of methoxy groups -OCH3 is 1. The monoisotopic (exact) mass is 227 g/mol.